The average molecular weight is 429 g/mol. The van der Waals surface area contributed by atoms with Gasteiger partial charge in [-0.15, -0.1) is 0 Å². The molecule has 1 fully saturated rings. The number of carbonyl (C=O) groups is 2. The largest absolute Gasteiger partial charge is 0.349 e. The molecule has 0 radical (unpaired) electrons. The number of para-hydroxylation sites is 1. The van der Waals surface area contributed by atoms with E-state index >= 15 is 0 Å². The lowest BCUT2D eigenvalue weighted by atomic mass is 9.97. The number of rotatable bonds is 4. The Morgan fingerprint density at radius 1 is 1.20 bits per heavy atom. The third kappa shape index (κ3) is 4.41. The first-order chi connectivity index (χ1) is 14.5. The molecule has 0 spiro atoms. The number of carbonyl (C=O) groups excluding carboxylic acids is 2. The maximum absolute atomic E-state index is 13.2. The van der Waals surface area contributed by atoms with Crippen molar-refractivity contribution in [1.29, 1.82) is 0 Å². The Bertz CT molecular complexity index is 1080. The molecule has 6 nitrogen and oxygen atoms in total. The van der Waals surface area contributed by atoms with Crippen LogP contribution in [-0.4, -0.2) is 41.5 Å². The molecule has 30 heavy (non-hydrogen) atoms. The van der Waals surface area contributed by atoms with Crippen molar-refractivity contribution in [2.45, 2.75) is 12.8 Å². The summed E-state index contributed by atoms with van der Waals surface area (Å²) in [4.78, 5) is 30.0. The van der Waals surface area contributed by atoms with Crippen molar-refractivity contribution in [3.63, 3.8) is 0 Å². The van der Waals surface area contributed by atoms with Crippen LogP contribution in [0.1, 0.15) is 23.3 Å². The topological polar surface area (TPSA) is 77.2 Å². The number of urea groups is 1. The zero-order valence-electron chi connectivity index (χ0n) is 16.3. The van der Waals surface area contributed by atoms with Crippen LogP contribution in [0.25, 0.3) is 10.9 Å². The SMILES string of the molecule is O=C(NCC1CCCN(C(=O)c2[nH]c3ccccc3c2Cl)C1)Nc1cccc(F)c1. The molecule has 2 heterocycles. The Balaban J connectivity index is 1.35. The van der Waals surface area contributed by atoms with Crippen molar-refractivity contribution < 1.29 is 14.0 Å². The second-order valence-electron chi connectivity index (χ2n) is 7.46. The van der Waals surface area contributed by atoms with Crippen LogP contribution in [0.15, 0.2) is 48.5 Å². The van der Waals surface area contributed by atoms with Gasteiger partial charge < -0.3 is 20.5 Å². The predicted molar refractivity (Wildman–Crippen MR) is 115 cm³/mol. The van der Waals surface area contributed by atoms with Crippen molar-refractivity contribution in [2.24, 2.45) is 5.92 Å². The minimum atomic E-state index is -0.412. The highest BCUT2D eigenvalue weighted by Crippen LogP contribution is 2.29. The molecule has 156 valence electrons. The lowest BCUT2D eigenvalue weighted by Crippen LogP contribution is -2.44. The quantitative estimate of drug-likeness (QED) is 0.566. The summed E-state index contributed by atoms with van der Waals surface area (Å²) in [5, 5.41) is 6.68. The molecule has 0 saturated carbocycles. The van der Waals surface area contributed by atoms with E-state index in [1.807, 2.05) is 24.3 Å². The van der Waals surface area contributed by atoms with Gasteiger partial charge in [0, 0.05) is 36.2 Å². The second-order valence-corrected chi connectivity index (χ2v) is 7.84. The number of piperidine rings is 1. The van der Waals surface area contributed by atoms with Gasteiger partial charge in [0.15, 0.2) is 0 Å². The maximum Gasteiger partial charge on any atom is 0.319 e. The van der Waals surface area contributed by atoms with Gasteiger partial charge in [-0.05, 0) is 43.0 Å². The fraction of sp³-hybridized carbons (Fsp3) is 0.273. The number of likely N-dealkylation sites (tertiary alicyclic amines) is 1. The highest BCUT2D eigenvalue weighted by Gasteiger charge is 2.27. The molecular formula is C22H22ClFN4O2. The fourth-order valence-corrected chi connectivity index (χ4v) is 4.10. The normalized spacial score (nSPS) is 16.5. The molecular weight excluding hydrogens is 407 g/mol. The monoisotopic (exact) mass is 428 g/mol. The van der Waals surface area contributed by atoms with Gasteiger partial charge in [0.25, 0.3) is 5.91 Å². The fourth-order valence-electron chi connectivity index (χ4n) is 3.81. The molecule has 2 aromatic carbocycles. The van der Waals surface area contributed by atoms with Gasteiger partial charge in [-0.25, -0.2) is 9.18 Å². The standard InChI is InChI=1S/C22H22ClFN4O2/c23-19-17-8-1-2-9-18(17)27-20(19)21(29)28-10-4-5-14(13-28)12-25-22(30)26-16-7-3-6-15(24)11-16/h1-3,6-9,11,14,27H,4-5,10,12-13H2,(H2,25,26,30). The smallest absolute Gasteiger partial charge is 0.319 e. The van der Waals surface area contributed by atoms with Gasteiger partial charge in [0.2, 0.25) is 0 Å². The van der Waals surface area contributed by atoms with Gasteiger partial charge in [0.05, 0.1) is 5.02 Å². The molecule has 0 bridgehead atoms. The van der Waals surface area contributed by atoms with Crippen LogP contribution in [0.3, 0.4) is 0 Å². The van der Waals surface area contributed by atoms with E-state index in [0.29, 0.717) is 36.0 Å². The van der Waals surface area contributed by atoms with E-state index in [2.05, 4.69) is 15.6 Å². The van der Waals surface area contributed by atoms with Gasteiger partial charge in [-0.1, -0.05) is 35.9 Å². The number of fused-ring (bicyclic) bond motifs is 1. The van der Waals surface area contributed by atoms with E-state index in [-0.39, 0.29) is 11.8 Å². The van der Waals surface area contributed by atoms with Crippen LogP contribution in [0.4, 0.5) is 14.9 Å². The summed E-state index contributed by atoms with van der Waals surface area (Å²) in [5.41, 5.74) is 1.62. The van der Waals surface area contributed by atoms with E-state index in [9.17, 15) is 14.0 Å². The molecule has 0 aliphatic carbocycles. The van der Waals surface area contributed by atoms with Crippen LogP contribution in [-0.2, 0) is 0 Å². The van der Waals surface area contributed by atoms with Gasteiger partial charge in [0.1, 0.15) is 11.5 Å². The van der Waals surface area contributed by atoms with Crippen molar-refractivity contribution >= 4 is 40.1 Å². The lowest BCUT2D eigenvalue weighted by Gasteiger charge is -2.32. The summed E-state index contributed by atoms with van der Waals surface area (Å²) >= 11 is 6.43. The predicted octanol–water partition coefficient (Wildman–Crippen LogP) is 4.63. The van der Waals surface area contributed by atoms with Crippen LogP contribution in [0.2, 0.25) is 5.02 Å². The molecule has 1 aromatic heterocycles. The van der Waals surface area contributed by atoms with E-state index < -0.39 is 11.8 Å². The summed E-state index contributed by atoms with van der Waals surface area (Å²) < 4.78 is 13.2. The molecule has 1 unspecified atom stereocenters. The summed E-state index contributed by atoms with van der Waals surface area (Å²) in [7, 11) is 0. The zero-order chi connectivity index (χ0) is 21.1. The van der Waals surface area contributed by atoms with Crippen molar-refractivity contribution in [3.8, 4) is 0 Å². The van der Waals surface area contributed by atoms with Crippen molar-refractivity contribution in [1.82, 2.24) is 15.2 Å². The molecule has 1 aliphatic rings. The highest BCUT2D eigenvalue weighted by molar-refractivity contribution is 6.38. The number of amides is 3. The third-order valence-electron chi connectivity index (χ3n) is 5.30. The Kier molecular flexibility index (Phi) is 5.90. The minimum absolute atomic E-state index is 0.129. The zero-order valence-corrected chi connectivity index (χ0v) is 17.0. The Morgan fingerprint density at radius 3 is 2.83 bits per heavy atom. The highest BCUT2D eigenvalue weighted by atomic mass is 35.5. The molecule has 1 saturated heterocycles. The number of benzene rings is 2. The first kappa shape index (κ1) is 20.2. The summed E-state index contributed by atoms with van der Waals surface area (Å²) in [6.07, 6.45) is 1.76. The minimum Gasteiger partial charge on any atom is -0.349 e. The summed E-state index contributed by atoms with van der Waals surface area (Å²) in [5.74, 6) is -0.418. The number of hydrogen-bond acceptors (Lipinski definition) is 2. The van der Waals surface area contributed by atoms with Crippen LogP contribution < -0.4 is 10.6 Å². The summed E-state index contributed by atoms with van der Waals surface area (Å²) in [6, 6.07) is 12.9. The number of nitrogens with zero attached hydrogens (tertiary/aromatic N) is 1. The molecule has 3 aromatic rings. The first-order valence-corrected chi connectivity index (χ1v) is 10.2. The number of aromatic amines is 1. The Morgan fingerprint density at radius 2 is 2.03 bits per heavy atom. The third-order valence-corrected chi connectivity index (χ3v) is 5.69. The average Bonchev–Trinajstić information content (AvgIpc) is 3.09. The number of hydrogen-bond donors (Lipinski definition) is 3. The van der Waals surface area contributed by atoms with Gasteiger partial charge in [-0.3, -0.25) is 4.79 Å². The number of H-pyrrole nitrogens is 1. The van der Waals surface area contributed by atoms with Crippen LogP contribution in [0.5, 0.6) is 0 Å². The van der Waals surface area contributed by atoms with Crippen LogP contribution in [0, 0.1) is 11.7 Å². The van der Waals surface area contributed by atoms with E-state index in [0.717, 1.165) is 23.7 Å². The van der Waals surface area contributed by atoms with Gasteiger partial charge in [-0.2, -0.15) is 0 Å². The molecule has 1 atom stereocenters. The molecule has 8 heteroatoms. The Hall–Kier alpha value is -3.06. The molecule has 1 aliphatic heterocycles. The number of nitrogens with one attached hydrogen (secondary N) is 3. The van der Waals surface area contributed by atoms with Crippen molar-refractivity contribution in [3.05, 3.63) is 65.1 Å². The second kappa shape index (κ2) is 8.75. The Labute approximate surface area is 178 Å². The number of anilines is 1. The number of aromatic nitrogens is 1. The number of halogens is 2. The lowest BCUT2D eigenvalue weighted by molar-refractivity contribution is 0.0670. The molecule has 3 amide bonds. The molecule has 3 N–H and O–H groups in total. The van der Waals surface area contributed by atoms with E-state index in [1.165, 1.54) is 18.2 Å². The van der Waals surface area contributed by atoms with E-state index in [1.54, 1.807) is 11.0 Å². The van der Waals surface area contributed by atoms with E-state index in [4.69, 9.17) is 11.6 Å². The van der Waals surface area contributed by atoms with Crippen LogP contribution >= 0.6 is 11.6 Å². The molecule has 4 rings (SSSR count). The summed E-state index contributed by atoms with van der Waals surface area (Å²) in [6.45, 7) is 1.60. The first-order valence-electron chi connectivity index (χ1n) is 9.87. The van der Waals surface area contributed by atoms with Gasteiger partial charge >= 0.3 is 6.03 Å². The maximum atomic E-state index is 13.2. The van der Waals surface area contributed by atoms with Crippen molar-refractivity contribution in [2.75, 3.05) is 25.0 Å².